The van der Waals surface area contributed by atoms with E-state index in [1.54, 1.807) is 12.1 Å². The highest BCUT2D eigenvalue weighted by atomic mass is 35.7. The van der Waals surface area contributed by atoms with E-state index in [1.807, 2.05) is 49.4 Å². The van der Waals surface area contributed by atoms with Gasteiger partial charge in [-0.25, -0.2) is 18.6 Å². The van der Waals surface area contributed by atoms with Gasteiger partial charge < -0.3 is 5.11 Å². The largest absolute Gasteiger partial charge is 0.508 e. The number of allylic oxidation sites excluding steroid dienone is 1. The number of rotatable bonds is 6. The van der Waals surface area contributed by atoms with Gasteiger partial charge in [0, 0.05) is 18.3 Å². The molecule has 0 aliphatic carbocycles. The molecule has 1 unspecified atom stereocenters. The molecule has 0 fully saturated rings. The standard InChI is InChI=1S/C24H31N3O2.ClHO4/c1-6-27(7-2,8-3)24(5)25-23(29)22(19-12-10-9-11-13-19)18(4)26(24)20-14-16-21(28)17-15-20;2-1(3,4)5/h9-17H,6-8H2,1-5H3,(H-,25,28,29);(H,2,3,4,5). The molecule has 1 aliphatic rings. The van der Waals surface area contributed by atoms with E-state index in [4.69, 9.17) is 18.6 Å². The van der Waals surface area contributed by atoms with Crippen LogP contribution in [0, 0.1) is 10.2 Å². The number of aromatic hydroxyl groups is 1. The number of nitrogens with zero attached hydrogens (tertiary/aromatic N) is 2. The molecule has 0 saturated heterocycles. The molecule has 1 aliphatic heterocycles. The number of hydrogen-bond donors (Lipinski definition) is 2. The van der Waals surface area contributed by atoms with Gasteiger partial charge in [-0.2, -0.15) is 0 Å². The van der Waals surface area contributed by atoms with Gasteiger partial charge in [-0.05, 0) is 57.5 Å². The van der Waals surface area contributed by atoms with Crippen molar-refractivity contribution in [2.75, 3.05) is 24.5 Å². The molecule has 0 saturated carbocycles. The average molecular weight is 494 g/mol. The summed E-state index contributed by atoms with van der Waals surface area (Å²) in [6, 6.07) is 17.0. The van der Waals surface area contributed by atoms with Crippen LogP contribution in [-0.4, -0.2) is 40.9 Å². The molecule has 2 N–H and O–H groups in total. The zero-order chi connectivity index (χ0) is 25.7. The quantitative estimate of drug-likeness (QED) is 0.518. The highest BCUT2D eigenvalue weighted by molar-refractivity contribution is 6.22. The molecule has 2 aromatic carbocycles. The fourth-order valence-corrected chi connectivity index (χ4v) is 4.85. The monoisotopic (exact) mass is 493 g/mol. The number of amides is 1. The van der Waals surface area contributed by atoms with Gasteiger partial charge in [0.25, 0.3) is 11.7 Å². The Kier molecular flexibility index (Phi) is 8.70. The summed E-state index contributed by atoms with van der Waals surface area (Å²) in [7, 11) is -4.94. The lowest BCUT2D eigenvalue weighted by atomic mass is 9.96. The summed E-state index contributed by atoms with van der Waals surface area (Å²) >= 11 is 0. The number of phenols is 1. The van der Waals surface area contributed by atoms with Crippen LogP contribution < -0.4 is 28.9 Å². The van der Waals surface area contributed by atoms with E-state index in [0.717, 1.165) is 36.6 Å². The number of anilines is 1. The van der Waals surface area contributed by atoms with Crippen molar-refractivity contribution in [3.8, 4) is 5.75 Å². The Morgan fingerprint density at radius 2 is 1.41 bits per heavy atom. The minimum absolute atomic E-state index is 0.0518. The van der Waals surface area contributed by atoms with Gasteiger partial charge in [0.2, 0.25) is 0 Å². The highest BCUT2D eigenvalue weighted by Gasteiger charge is 2.54. The molecule has 3 rings (SSSR count). The average Bonchev–Trinajstić information content (AvgIpc) is 2.76. The van der Waals surface area contributed by atoms with E-state index in [-0.39, 0.29) is 11.7 Å². The van der Waals surface area contributed by atoms with E-state index in [2.05, 4.69) is 37.9 Å². The first-order valence-corrected chi connectivity index (χ1v) is 12.2. The number of nitrogens with one attached hydrogen (secondary N) is 1. The molecule has 0 aromatic heterocycles. The molecule has 0 bridgehead atoms. The van der Waals surface area contributed by atoms with Gasteiger partial charge in [-0.3, -0.25) is 19.5 Å². The van der Waals surface area contributed by atoms with Crippen molar-refractivity contribution >= 4 is 17.2 Å². The Bertz CT molecular complexity index is 989. The molecule has 1 amide bonds. The van der Waals surface area contributed by atoms with Gasteiger partial charge >= 0.3 is 0 Å². The van der Waals surface area contributed by atoms with Crippen LogP contribution in [0.1, 0.15) is 40.2 Å². The number of carbonyl (C=O) groups is 1. The summed E-state index contributed by atoms with van der Waals surface area (Å²) in [5.74, 6) is -0.484. The van der Waals surface area contributed by atoms with Gasteiger partial charge in [0.1, 0.15) is 5.75 Å². The van der Waals surface area contributed by atoms with E-state index < -0.39 is 16.0 Å². The van der Waals surface area contributed by atoms with Crippen molar-refractivity contribution in [3.05, 3.63) is 65.9 Å². The first-order chi connectivity index (χ1) is 15.8. The lowest BCUT2D eigenvalue weighted by molar-refractivity contribution is -2.00. The molecule has 1 atom stereocenters. The number of carbonyl (C=O) groups excluding carboxylic acids is 1. The van der Waals surface area contributed by atoms with Gasteiger partial charge in [0.05, 0.1) is 25.2 Å². The highest BCUT2D eigenvalue weighted by Crippen LogP contribution is 2.40. The van der Waals surface area contributed by atoms with Crippen LogP contribution >= 0.6 is 0 Å². The second-order valence-corrected chi connectivity index (χ2v) is 8.88. The van der Waals surface area contributed by atoms with E-state index in [1.165, 1.54) is 0 Å². The summed E-state index contributed by atoms with van der Waals surface area (Å²) in [6.45, 7) is 13.3. The number of quaternary nitrogens is 1. The predicted molar refractivity (Wildman–Crippen MR) is 118 cm³/mol. The topological polar surface area (TPSA) is 145 Å². The van der Waals surface area contributed by atoms with Crippen LogP contribution in [0.15, 0.2) is 60.3 Å². The van der Waals surface area contributed by atoms with Gasteiger partial charge in [-0.15, -0.1) is 10.2 Å². The first-order valence-electron chi connectivity index (χ1n) is 11.0. The molecule has 0 spiro atoms. The summed E-state index contributed by atoms with van der Waals surface area (Å²) in [5, 5.41) is 13.2. The van der Waals surface area contributed by atoms with Crippen LogP contribution in [0.2, 0.25) is 0 Å². The maximum Gasteiger partial charge on any atom is 0.259 e. The zero-order valence-corrected chi connectivity index (χ0v) is 20.8. The molecule has 2 aromatic rings. The molecule has 0 radical (unpaired) electrons. The lowest BCUT2D eigenvalue weighted by Crippen LogP contribution is -2.78. The maximum absolute atomic E-state index is 13.4. The van der Waals surface area contributed by atoms with Gasteiger partial charge in [0.15, 0.2) is 0 Å². The fraction of sp³-hybridized carbons (Fsp3) is 0.375. The predicted octanol–water partition coefficient (Wildman–Crippen LogP) is -0.446. The third-order valence-electron chi connectivity index (χ3n) is 6.62. The summed E-state index contributed by atoms with van der Waals surface area (Å²) in [6.07, 6.45) is 0. The van der Waals surface area contributed by atoms with E-state index >= 15 is 0 Å². The van der Waals surface area contributed by atoms with Crippen molar-refractivity contribution in [1.82, 2.24) is 5.32 Å². The van der Waals surface area contributed by atoms with Crippen LogP contribution in [0.5, 0.6) is 5.75 Å². The Morgan fingerprint density at radius 1 is 0.941 bits per heavy atom. The molecule has 1 heterocycles. The van der Waals surface area contributed by atoms with Crippen molar-refractivity contribution < 1.29 is 43.3 Å². The van der Waals surface area contributed by atoms with Crippen molar-refractivity contribution in [1.29, 1.82) is 0 Å². The normalized spacial score (nSPS) is 18.9. The molecule has 34 heavy (non-hydrogen) atoms. The molecular formula is C24H32ClN3O6. The van der Waals surface area contributed by atoms with E-state index in [9.17, 15) is 9.90 Å². The van der Waals surface area contributed by atoms with Crippen LogP contribution in [0.25, 0.3) is 5.57 Å². The smallest absolute Gasteiger partial charge is 0.259 e. The minimum Gasteiger partial charge on any atom is -0.508 e. The van der Waals surface area contributed by atoms with Crippen molar-refractivity contribution in [2.24, 2.45) is 0 Å². The fourth-order valence-electron chi connectivity index (χ4n) is 4.85. The molecule has 10 heteroatoms. The Morgan fingerprint density at radius 3 is 1.85 bits per heavy atom. The minimum atomic E-state index is -4.94. The number of benzene rings is 2. The second-order valence-electron chi connectivity index (χ2n) is 8.12. The maximum atomic E-state index is 13.4. The van der Waals surface area contributed by atoms with Crippen molar-refractivity contribution in [2.45, 2.75) is 40.4 Å². The Balaban J connectivity index is 0.000000739. The molecular weight excluding hydrogens is 462 g/mol. The number of phenolic OH excluding ortho intramolecular Hbond substituents is 1. The summed E-state index contributed by atoms with van der Waals surface area (Å²) in [5.41, 5.74) is 3.42. The third-order valence-corrected chi connectivity index (χ3v) is 6.62. The van der Waals surface area contributed by atoms with Crippen LogP contribution in [0.3, 0.4) is 0 Å². The number of halogens is 1. The Hall–Kier alpha value is -2.66. The molecule has 186 valence electrons. The second kappa shape index (κ2) is 10.7. The SMILES string of the molecule is CC[N+](CC)(CC)C1(C)NC(=O)C(c2ccccc2)=C(C)N1c1ccc(O)cc1.[O-][Cl+3]([O-])([O-])[O-]. The lowest BCUT2D eigenvalue weighted by Gasteiger charge is -2.57. The van der Waals surface area contributed by atoms with E-state index in [0.29, 0.717) is 10.1 Å². The summed E-state index contributed by atoms with van der Waals surface area (Å²) in [4.78, 5) is 15.6. The Labute approximate surface area is 202 Å². The zero-order valence-electron chi connectivity index (χ0n) is 20.1. The van der Waals surface area contributed by atoms with Gasteiger partial charge in [-0.1, -0.05) is 30.3 Å². The van der Waals surface area contributed by atoms with Crippen molar-refractivity contribution in [3.63, 3.8) is 0 Å². The number of hydrogen-bond acceptors (Lipinski definition) is 7. The summed E-state index contributed by atoms with van der Waals surface area (Å²) < 4.78 is 34.7. The molecule has 9 nitrogen and oxygen atoms in total. The van der Waals surface area contributed by atoms with Crippen LogP contribution in [0.4, 0.5) is 5.69 Å². The first kappa shape index (κ1) is 27.6. The third kappa shape index (κ3) is 5.69. The van der Waals surface area contributed by atoms with Crippen LogP contribution in [-0.2, 0) is 4.79 Å².